The molecule has 1 aliphatic heterocycles. The van der Waals surface area contributed by atoms with Crippen LogP contribution in [0, 0.1) is 5.92 Å². The van der Waals surface area contributed by atoms with Gasteiger partial charge in [-0.25, -0.2) is 0 Å². The minimum atomic E-state index is -4.57. The normalized spacial score (nSPS) is 19.5. The van der Waals surface area contributed by atoms with Crippen molar-refractivity contribution >= 4 is 11.5 Å². The molecule has 3 heterocycles. The number of fused-ring (bicyclic) bond motifs is 1. The first-order chi connectivity index (χ1) is 10.5. The third kappa shape index (κ3) is 3.29. The molecule has 1 fully saturated rings. The Morgan fingerprint density at radius 1 is 1.32 bits per heavy atom. The Hall–Kier alpha value is -1.90. The van der Waals surface area contributed by atoms with E-state index in [1.807, 2.05) is 0 Å². The average molecular weight is 314 g/mol. The lowest BCUT2D eigenvalue weighted by atomic mass is 9.96. The van der Waals surface area contributed by atoms with Gasteiger partial charge in [0.15, 0.2) is 5.65 Å². The van der Waals surface area contributed by atoms with E-state index in [1.165, 1.54) is 18.9 Å². The van der Waals surface area contributed by atoms with Crippen LogP contribution in [0.1, 0.15) is 25.1 Å². The van der Waals surface area contributed by atoms with Gasteiger partial charge in [0.1, 0.15) is 5.82 Å². The van der Waals surface area contributed by atoms with Crippen LogP contribution >= 0.6 is 0 Å². The summed E-state index contributed by atoms with van der Waals surface area (Å²) in [6, 6.07) is 3.09. The van der Waals surface area contributed by atoms with Crippen molar-refractivity contribution in [2.24, 2.45) is 5.92 Å². The molecular formula is C13H17F3N6. The lowest BCUT2D eigenvalue weighted by Crippen LogP contribution is -2.30. The molecule has 2 N–H and O–H groups in total. The van der Waals surface area contributed by atoms with Crippen LogP contribution in [-0.2, 0) is 6.18 Å². The largest absolute Gasteiger partial charge is 0.453 e. The summed E-state index contributed by atoms with van der Waals surface area (Å²) in [4.78, 5) is 0. The van der Waals surface area contributed by atoms with E-state index in [1.54, 1.807) is 6.07 Å². The molecule has 9 heteroatoms. The van der Waals surface area contributed by atoms with Gasteiger partial charge in [0.05, 0.1) is 0 Å². The number of hydrogen-bond acceptors (Lipinski definition) is 5. The number of rotatable bonds is 4. The molecule has 6 nitrogen and oxygen atoms in total. The van der Waals surface area contributed by atoms with Gasteiger partial charge in [-0.2, -0.15) is 17.7 Å². The van der Waals surface area contributed by atoms with Gasteiger partial charge < -0.3 is 10.6 Å². The highest BCUT2D eigenvalue weighted by molar-refractivity contribution is 5.44. The number of nitrogens with zero attached hydrogens (tertiary/aromatic N) is 4. The second-order valence-corrected chi connectivity index (χ2v) is 5.44. The van der Waals surface area contributed by atoms with Gasteiger partial charge >= 0.3 is 6.18 Å². The molecule has 1 saturated heterocycles. The SMILES string of the molecule is FC(F)(F)c1nnc2ccc(NCCC3CCCNC3)nn12. The minimum absolute atomic E-state index is 0.0781. The van der Waals surface area contributed by atoms with Crippen LogP contribution in [0.5, 0.6) is 0 Å². The molecule has 0 aromatic carbocycles. The first-order valence-electron chi connectivity index (χ1n) is 7.28. The zero-order valence-corrected chi connectivity index (χ0v) is 11.9. The summed E-state index contributed by atoms with van der Waals surface area (Å²) in [6.07, 6.45) is -1.25. The van der Waals surface area contributed by atoms with Gasteiger partial charge in [0.25, 0.3) is 5.82 Å². The summed E-state index contributed by atoms with van der Waals surface area (Å²) >= 11 is 0. The Morgan fingerprint density at radius 2 is 2.18 bits per heavy atom. The second-order valence-electron chi connectivity index (χ2n) is 5.44. The molecular weight excluding hydrogens is 297 g/mol. The highest BCUT2D eigenvalue weighted by atomic mass is 19.4. The number of nitrogens with one attached hydrogen (secondary N) is 2. The number of hydrogen-bond donors (Lipinski definition) is 2. The van der Waals surface area contributed by atoms with E-state index in [0.717, 1.165) is 24.0 Å². The van der Waals surface area contributed by atoms with Crippen LogP contribution in [0.4, 0.5) is 19.0 Å². The summed E-state index contributed by atoms with van der Waals surface area (Å²) in [6.45, 7) is 2.74. The van der Waals surface area contributed by atoms with Crippen LogP contribution in [-0.4, -0.2) is 39.4 Å². The van der Waals surface area contributed by atoms with E-state index < -0.39 is 12.0 Å². The standard InChI is InChI=1S/C13H17F3N6/c14-13(15,16)12-20-19-11-4-3-10(21-22(11)12)18-7-5-9-2-1-6-17-8-9/h3-4,9,17H,1-2,5-8H2,(H,18,21). The molecule has 120 valence electrons. The van der Waals surface area contributed by atoms with Gasteiger partial charge in [-0.05, 0) is 50.4 Å². The minimum Gasteiger partial charge on any atom is -0.369 e. The maximum Gasteiger partial charge on any atom is 0.453 e. The first kappa shape index (κ1) is 15.0. The molecule has 3 rings (SSSR count). The summed E-state index contributed by atoms with van der Waals surface area (Å²) in [7, 11) is 0. The van der Waals surface area contributed by atoms with Crippen molar-refractivity contribution < 1.29 is 13.2 Å². The fourth-order valence-electron chi connectivity index (χ4n) is 2.63. The van der Waals surface area contributed by atoms with Crippen molar-refractivity contribution in [3.05, 3.63) is 18.0 Å². The third-order valence-electron chi connectivity index (χ3n) is 3.77. The highest BCUT2D eigenvalue weighted by Crippen LogP contribution is 2.27. The summed E-state index contributed by atoms with van der Waals surface area (Å²) < 4.78 is 39.1. The highest BCUT2D eigenvalue weighted by Gasteiger charge is 2.37. The Bertz CT molecular complexity index is 632. The molecule has 0 amide bonds. The van der Waals surface area contributed by atoms with Crippen LogP contribution in [0.3, 0.4) is 0 Å². The first-order valence-corrected chi connectivity index (χ1v) is 7.28. The fraction of sp³-hybridized carbons (Fsp3) is 0.615. The van der Waals surface area contributed by atoms with Crippen molar-refractivity contribution in [2.45, 2.75) is 25.4 Å². The van der Waals surface area contributed by atoms with E-state index in [9.17, 15) is 13.2 Å². The predicted octanol–water partition coefficient (Wildman–Crippen LogP) is 1.94. The third-order valence-corrected chi connectivity index (χ3v) is 3.77. The molecule has 1 aliphatic rings. The van der Waals surface area contributed by atoms with Crippen molar-refractivity contribution in [2.75, 3.05) is 25.0 Å². The quantitative estimate of drug-likeness (QED) is 0.903. The van der Waals surface area contributed by atoms with Gasteiger partial charge in [-0.3, -0.25) is 0 Å². The van der Waals surface area contributed by atoms with E-state index in [2.05, 4.69) is 25.9 Å². The lowest BCUT2D eigenvalue weighted by molar-refractivity contribution is -0.146. The number of anilines is 1. The molecule has 2 aromatic heterocycles. The van der Waals surface area contributed by atoms with Gasteiger partial charge in [0, 0.05) is 6.54 Å². The van der Waals surface area contributed by atoms with Crippen LogP contribution in [0.15, 0.2) is 12.1 Å². The number of aromatic nitrogens is 4. The van der Waals surface area contributed by atoms with Crippen LogP contribution in [0.25, 0.3) is 5.65 Å². The molecule has 0 spiro atoms. The van der Waals surface area contributed by atoms with Gasteiger partial charge in [-0.1, -0.05) is 0 Å². The average Bonchev–Trinajstić information content (AvgIpc) is 2.91. The van der Waals surface area contributed by atoms with Gasteiger partial charge in [0.2, 0.25) is 0 Å². The van der Waals surface area contributed by atoms with Crippen molar-refractivity contribution in [1.29, 1.82) is 0 Å². The Kier molecular flexibility index (Phi) is 4.14. The molecule has 1 atom stereocenters. The van der Waals surface area contributed by atoms with Gasteiger partial charge in [-0.15, -0.1) is 15.3 Å². The summed E-state index contributed by atoms with van der Waals surface area (Å²) in [5, 5.41) is 17.0. The maximum atomic E-state index is 12.8. The maximum absolute atomic E-state index is 12.8. The Balaban J connectivity index is 1.66. The number of alkyl halides is 3. The smallest absolute Gasteiger partial charge is 0.369 e. The molecule has 0 saturated carbocycles. The molecule has 2 aromatic rings. The molecule has 0 bridgehead atoms. The monoisotopic (exact) mass is 314 g/mol. The lowest BCUT2D eigenvalue weighted by Gasteiger charge is -2.22. The predicted molar refractivity (Wildman–Crippen MR) is 74.5 cm³/mol. The topological polar surface area (TPSA) is 67.1 Å². The van der Waals surface area contributed by atoms with E-state index >= 15 is 0 Å². The second kappa shape index (κ2) is 6.07. The van der Waals surface area contributed by atoms with Crippen molar-refractivity contribution in [3.63, 3.8) is 0 Å². The van der Waals surface area contributed by atoms with E-state index in [4.69, 9.17) is 0 Å². The van der Waals surface area contributed by atoms with Crippen molar-refractivity contribution in [3.8, 4) is 0 Å². The molecule has 0 aliphatic carbocycles. The fourth-order valence-corrected chi connectivity index (χ4v) is 2.63. The van der Waals surface area contributed by atoms with Crippen LogP contribution < -0.4 is 10.6 Å². The Labute approximate surface area is 125 Å². The number of piperidine rings is 1. The zero-order valence-electron chi connectivity index (χ0n) is 11.9. The van der Waals surface area contributed by atoms with E-state index in [0.29, 0.717) is 18.3 Å². The molecule has 1 unspecified atom stereocenters. The van der Waals surface area contributed by atoms with E-state index in [-0.39, 0.29) is 5.65 Å². The summed E-state index contributed by atoms with van der Waals surface area (Å²) in [5.74, 6) is -0.116. The molecule has 22 heavy (non-hydrogen) atoms. The molecule has 0 radical (unpaired) electrons. The van der Waals surface area contributed by atoms with Crippen LogP contribution in [0.2, 0.25) is 0 Å². The zero-order chi connectivity index (χ0) is 15.6. The summed E-state index contributed by atoms with van der Waals surface area (Å²) in [5.41, 5.74) is 0.0781. The van der Waals surface area contributed by atoms with Crippen molar-refractivity contribution in [1.82, 2.24) is 25.1 Å². The number of halogens is 3. The Morgan fingerprint density at radius 3 is 2.91 bits per heavy atom.